The highest BCUT2D eigenvalue weighted by molar-refractivity contribution is 8.76. The van der Waals surface area contributed by atoms with Crippen LogP contribution in [-0.2, 0) is 20.4 Å². The molecule has 1 rings (SSSR count). The zero-order chi connectivity index (χ0) is 27.9. The van der Waals surface area contributed by atoms with Crippen LogP contribution in [0.4, 0.5) is 5.82 Å². The Kier molecular flexibility index (Phi) is 21.6. The number of aliphatic hydroxyl groups is 1. The predicted molar refractivity (Wildman–Crippen MR) is 161 cm³/mol. The van der Waals surface area contributed by atoms with E-state index < -0.39 is 32.3 Å². The van der Waals surface area contributed by atoms with E-state index in [1.54, 1.807) is 21.6 Å². The lowest BCUT2D eigenvalue weighted by atomic mass is 10.0. The molecule has 12 heteroatoms. The first-order chi connectivity index (χ1) is 18.4. The van der Waals surface area contributed by atoms with Crippen molar-refractivity contribution < 1.29 is 23.8 Å². The van der Waals surface area contributed by atoms with Gasteiger partial charge in [0.1, 0.15) is 12.2 Å². The number of aromatic nitrogens is 2. The lowest BCUT2D eigenvalue weighted by Crippen LogP contribution is -2.32. The van der Waals surface area contributed by atoms with Crippen molar-refractivity contribution in [2.75, 3.05) is 36.8 Å². The topological polar surface area (TPSA) is 137 Å². The summed E-state index contributed by atoms with van der Waals surface area (Å²) < 4.78 is 23.8. The van der Waals surface area contributed by atoms with E-state index in [0.717, 1.165) is 5.75 Å². The molecule has 0 aromatic carbocycles. The molecule has 222 valence electrons. The Bertz CT molecular complexity index is 817. The van der Waals surface area contributed by atoms with E-state index in [9.17, 15) is 19.4 Å². The van der Waals surface area contributed by atoms with Gasteiger partial charge in [-0.15, -0.1) is 0 Å². The number of hydrogen-bond donors (Lipinski definition) is 3. The molecule has 0 bridgehead atoms. The molecule has 0 spiro atoms. The highest BCUT2D eigenvalue weighted by Gasteiger charge is 2.22. The second kappa shape index (κ2) is 23.2. The standard InChI is InChI=1S/C26H50N3O6PS2/c1-2-3-4-5-6-7-8-9-10-11-12-13-14-15-19-37-38-20-18-35-36(32,33)23-34-24(22-30)21-29-17-16-25(27)28-26(29)31/h16-17,24,30H,2-15,18-23H2,1H3,(H,32,33)(H2,27,28,31)/t24-/m0/s1. The van der Waals surface area contributed by atoms with Crippen molar-refractivity contribution in [2.45, 2.75) is 109 Å². The Morgan fingerprint density at radius 3 is 2.08 bits per heavy atom. The van der Waals surface area contributed by atoms with Crippen molar-refractivity contribution in [1.82, 2.24) is 9.55 Å². The molecule has 1 unspecified atom stereocenters. The summed E-state index contributed by atoms with van der Waals surface area (Å²) in [6, 6.07) is 1.45. The molecule has 9 nitrogen and oxygen atoms in total. The van der Waals surface area contributed by atoms with Gasteiger partial charge in [-0.3, -0.25) is 9.13 Å². The number of rotatable bonds is 26. The molecule has 0 saturated heterocycles. The Morgan fingerprint density at radius 2 is 1.53 bits per heavy atom. The van der Waals surface area contributed by atoms with Crippen LogP contribution in [0.3, 0.4) is 0 Å². The molecule has 38 heavy (non-hydrogen) atoms. The molecule has 4 N–H and O–H groups in total. The monoisotopic (exact) mass is 595 g/mol. The van der Waals surface area contributed by atoms with Gasteiger partial charge in [0.05, 0.1) is 25.9 Å². The van der Waals surface area contributed by atoms with Crippen molar-refractivity contribution in [1.29, 1.82) is 0 Å². The number of anilines is 1. The number of hydrogen-bond acceptors (Lipinski definition) is 9. The van der Waals surface area contributed by atoms with Gasteiger partial charge in [-0.2, -0.15) is 4.98 Å². The van der Waals surface area contributed by atoms with Crippen LogP contribution in [0.5, 0.6) is 0 Å². The summed E-state index contributed by atoms with van der Waals surface area (Å²) in [5.74, 6) is 1.76. The highest BCUT2D eigenvalue weighted by atomic mass is 33.1. The zero-order valence-electron chi connectivity index (χ0n) is 23.1. The summed E-state index contributed by atoms with van der Waals surface area (Å²) in [5, 5.41) is 9.47. The number of nitrogens with two attached hydrogens (primary N) is 1. The van der Waals surface area contributed by atoms with Gasteiger partial charge in [0.15, 0.2) is 0 Å². The lowest BCUT2D eigenvalue weighted by molar-refractivity contribution is 0.0170. The first-order valence-electron chi connectivity index (χ1n) is 14.1. The number of nitrogens with zero attached hydrogens (tertiary/aromatic N) is 2. The number of ether oxygens (including phenoxy) is 1. The molecule has 0 radical (unpaired) electrons. The number of nitrogen functional groups attached to an aromatic ring is 1. The van der Waals surface area contributed by atoms with Gasteiger partial charge in [-0.1, -0.05) is 112 Å². The predicted octanol–water partition coefficient (Wildman–Crippen LogP) is 6.23. The molecular formula is C26H50N3O6PS2. The summed E-state index contributed by atoms with van der Waals surface area (Å²) in [4.78, 5) is 25.4. The van der Waals surface area contributed by atoms with Crippen LogP contribution in [-0.4, -0.2) is 56.7 Å². The second-order valence-corrected chi connectivity index (χ2v) is 14.1. The second-order valence-electron chi connectivity index (χ2n) is 9.60. The van der Waals surface area contributed by atoms with E-state index in [2.05, 4.69) is 11.9 Å². The Hall–Kier alpha value is -0.550. The maximum Gasteiger partial charge on any atom is 0.353 e. The summed E-state index contributed by atoms with van der Waals surface area (Å²) in [6.07, 6.45) is 19.0. The Balaban J connectivity index is 1.94. The van der Waals surface area contributed by atoms with Gasteiger partial charge in [-0.25, -0.2) is 4.79 Å². The van der Waals surface area contributed by atoms with Gasteiger partial charge in [0, 0.05) is 17.7 Å². The maximum atomic E-state index is 12.2. The maximum absolute atomic E-state index is 12.2. The van der Waals surface area contributed by atoms with E-state index in [1.807, 2.05) is 0 Å². The Labute approximate surface area is 237 Å². The molecule has 0 saturated carbocycles. The SMILES string of the molecule is CCCCCCCCCCCCCCCCSSCCOP(=O)(O)CO[C@H](CO)Cn1ccc(N)nc1=O. The van der Waals surface area contributed by atoms with Gasteiger partial charge in [-0.05, 0) is 12.5 Å². The van der Waals surface area contributed by atoms with E-state index in [4.69, 9.17) is 15.0 Å². The van der Waals surface area contributed by atoms with Gasteiger partial charge < -0.3 is 25.0 Å². The first-order valence-corrected chi connectivity index (χ1v) is 18.4. The van der Waals surface area contributed by atoms with Crippen LogP contribution in [0.15, 0.2) is 17.1 Å². The van der Waals surface area contributed by atoms with E-state index >= 15 is 0 Å². The fraction of sp³-hybridized carbons (Fsp3) is 0.846. The zero-order valence-corrected chi connectivity index (χ0v) is 25.7. The summed E-state index contributed by atoms with van der Waals surface area (Å²) in [7, 11) is -0.552. The average molecular weight is 596 g/mol. The van der Waals surface area contributed by atoms with E-state index in [1.165, 1.54) is 107 Å². The van der Waals surface area contributed by atoms with Crippen LogP contribution in [0, 0.1) is 0 Å². The largest absolute Gasteiger partial charge is 0.394 e. The third-order valence-corrected chi connectivity index (χ3v) is 9.61. The number of unbranched alkanes of at least 4 members (excludes halogenated alkanes) is 13. The fourth-order valence-electron chi connectivity index (χ4n) is 3.89. The minimum absolute atomic E-state index is 0.0195. The average Bonchev–Trinajstić information content (AvgIpc) is 2.89. The van der Waals surface area contributed by atoms with Gasteiger partial charge in [0.25, 0.3) is 0 Å². The van der Waals surface area contributed by atoms with Crippen LogP contribution in [0.2, 0.25) is 0 Å². The molecule has 0 amide bonds. The van der Waals surface area contributed by atoms with Crippen LogP contribution < -0.4 is 11.4 Å². The Morgan fingerprint density at radius 1 is 0.974 bits per heavy atom. The molecule has 1 aromatic heterocycles. The number of aliphatic hydroxyl groups excluding tert-OH is 1. The summed E-state index contributed by atoms with van der Waals surface area (Å²) >= 11 is 0. The van der Waals surface area contributed by atoms with Gasteiger partial charge >= 0.3 is 13.3 Å². The van der Waals surface area contributed by atoms with Crippen LogP contribution in [0.1, 0.15) is 96.8 Å². The minimum Gasteiger partial charge on any atom is -0.394 e. The molecule has 1 aromatic rings. The summed E-state index contributed by atoms with van der Waals surface area (Å²) in [6.45, 7) is 1.96. The van der Waals surface area contributed by atoms with Crippen molar-refractivity contribution in [3.8, 4) is 0 Å². The van der Waals surface area contributed by atoms with Crippen molar-refractivity contribution >= 4 is 35.0 Å². The van der Waals surface area contributed by atoms with E-state index in [0.29, 0.717) is 5.75 Å². The molecular weight excluding hydrogens is 545 g/mol. The quantitative estimate of drug-likeness (QED) is 0.0642. The molecule has 0 aliphatic heterocycles. The van der Waals surface area contributed by atoms with Crippen molar-refractivity contribution in [3.05, 3.63) is 22.7 Å². The summed E-state index contributed by atoms with van der Waals surface area (Å²) in [5.41, 5.74) is 4.87. The lowest BCUT2D eigenvalue weighted by Gasteiger charge is -2.19. The molecule has 1 heterocycles. The van der Waals surface area contributed by atoms with Gasteiger partial charge in [0.2, 0.25) is 0 Å². The smallest absolute Gasteiger partial charge is 0.353 e. The van der Waals surface area contributed by atoms with Crippen molar-refractivity contribution in [2.24, 2.45) is 0 Å². The third-order valence-electron chi connectivity index (χ3n) is 6.10. The molecule has 0 aliphatic rings. The first kappa shape index (κ1) is 35.5. The minimum atomic E-state index is -3.96. The normalized spacial score (nSPS) is 14.0. The molecule has 0 fully saturated rings. The molecule has 0 aliphatic carbocycles. The highest BCUT2D eigenvalue weighted by Crippen LogP contribution is 2.42. The van der Waals surface area contributed by atoms with E-state index in [-0.39, 0.29) is 19.0 Å². The van der Waals surface area contributed by atoms with Crippen LogP contribution in [0.25, 0.3) is 0 Å². The van der Waals surface area contributed by atoms with Crippen molar-refractivity contribution in [3.63, 3.8) is 0 Å². The van der Waals surface area contributed by atoms with Crippen LogP contribution >= 0.6 is 29.2 Å². The third kappa shape index (κ3) is 19.5. The molecule has 2 atom stereocenters. The fourth-order valence-corrected chi connectivity index (χ4v) is 6.84.